The van der Waals surface area contributed by atoms with Gasteiger partial charge in [-0.1, -0.05) is 34.8 Å². The molecule has 0 aliphatic heterocycles. The lowest BCUT2D eigenvalue weighted by Crippen LogP contribution is -2.32. The minimum Gasteiger partial charge on any atom is -0.444 e. The van der Waals surface area contributed by atoms with Crippen molar-refractivity contribution in [3.05, 3.63) is 0 Å². The number of halogens is 4. The Hall–Kier alpha value is 0.780. The fraction of sp³-hybridized carbons (Fsp3) is 0.833. The van der Waals surface area contributed by atoms with Gasteiger partial charge in [0, 0.05) is 14.2 Å². The molecule has 1 unspecified atom stereocenters. The Bertz CT molecular complexity index is 283. The summed E-state index contributed by atoms with van der Waals surface area (Å²) in [4.78, 5) is 11.0. The van der Waals surface area contributed by atoms with E-state index in [1.54, 1.807) is 0 Å². The Kier molecular flexibility index (Phi) is 6.97. The van der Waals surface area contributed by atoms with Gasteiger partial charge in [0.25, 0.3) is 0 Å². The fourth-order valence-electron chi connectivity index (χ4n) is 0.733. The van der Waals surface area contributed by atoms with Gasteiger partial charge in [-0.25, -0.2) is 0 Å². The first kappa shape index (κ1) is 16.8. The van der Waals surface area contributed by atoms with Crippen LogP contribution in [0.1, 0.15) is 0 Å². The molecule has 0 amide bonds. The average molecular weight is 334 g/mol. The lowest BCUT2D eigenvalue weighted by atomic mass is 10.7. The summed E-state index contributed by atoms with van der Waals surface area (Å²) < 4.78 is 23.6. The minimum atomic E-state index is -3.88. The van der Waals surface area contributed by atoms with E-state index >= 15 is 0 Å². The van der Waals surface area contributed by atoms with E-state index in [0.29, 0.717) is 0 Å². The Labute approximate surface area is 113 Å². The molecule has 96 valence electrons. The zero-order chi connectivity index (χ0) is 13.0. The standard InChI is InChI=1S/C6H9Cl4O5P/c1-13-16(12,14-2)5(6(8,9)10)15-4(11)3-7/h5H,3H2,1-2H3. The van der Waals surface area contributed by atoms with Crippen LogP contribution in [0, 0.1) is 0 Å². The first-order chi connectivity index (χ1) is 7.21. The SMILES string of the molecule is COP(=O)(OC)C(OC(=O)CCl)C(Cl)(Cl)Cl. The van der Waals surface area contributed by atoms with Gasteiger partial charge in [-0.05, 0) is 0 Å². The largest absolute Gasteiger partial charge is 0.444 e. The van der Waals surface area contributed by atoms with Crippen molar-refractivity contribution in [1.82, 2.24) is 0 Å². The molecule has 10 heteroatoms. The summed E-state index contributed by atoms with van der Waals surface area (Å²) >= 11 is 21.8. The zero-order valence-corrected chi connectivity index (χ0v) is 12.2. The second-order valence-electron chi connectivity index (χ2n) is 2.42. The van der Waals surface area contributed by atoms with Crippen LogP contribution >= 0.6 is 54.0 Å². The van der Waals surface area contributed by atoms with E-state index in [2.05, 4.69) is 13.8 Å². The highest BCUT2D eigenvalue weighted by atomic mass is 35.6. The maximum Gasteiger partial charge on any atom is 0.374 e. The number of carbonyl (C=O) groups is 1. The number of alkyl halides is 4. The maximum absolute atomic E-state index is 11.9. The van der Waals surface area contributed by atoms with Gasteiger partial charge in [0.05, 0.1) is 0 Å². The number of ether oxygens (including phenoxy) is 1. The van der Waals surface area contributed by atoms with Crippen molar-refractivity contribution in [2.45, 2.75) is 9.64 Å². The van der Waals surface area contributed by atoms with E-state index < -0.39 is 29.1 Å². The summed E-state index contributed by atoms with van der Waals surface area (Å²) in [6.45, 7) is 0. The average Bonchev–Trinajstić information content (AvgIpc) is 2.22. The van der Waals surface area contributed by atoms with Crippen molar-refractivity contribution in [2.75, 3.05) is 20.1 Å². The molecule has 16 heavy (non-hydrogen) atoms. The van der Waals surface area contributed by atoms with Crippen molar-refractivity contribution < 1.29 is 23.1 Å². The van der Waals surface area contributed by atoms with Crippen molar-refractivity contribution in [3.8, 4) is 0 Å². The Balaban J connectivity index is 5.10. The van der Waals surface area contributed by atoms with Crippen LogP contribution in [0.2, 0.25) is 0 Å². The molecule has 0 heterocycles. The Morgan fingerprint density at radius 2 is 1.75 bits per heavy atom. The van der Waals surface area contributed by atoms with Crippen LogP contribution in [-0.4, -0.2) is 35.7 Å². The van der Waals surface area contributed by atoms with Crippen LogP contribution in [0.5, 0.6) is 0 Å². The molecule has 0 bridgehead atoms. The molecule has 0 N–H and O–H groups in total. The van der Waals surface area contributed by atoms with Crippen molar-refractivity contribution >= 4 is 60.0 Å². The molecule has 0 fully saturated rings. The molecule has 0 spiro atoms. The van der Waals surface area contributed by atoms with E-state index in [-0.39, 0.29) is 0 Å². The molecular weight excluding hydrogens is 325 g/mol. The highest BCUT2D eigenvalue weighted by Gasteiger charge is 2.51. The van der Waals surface area contributed by atoms with Gasteiger partial charge in [-0.15, -0.1) is 11.6 Å². The highest BCUT2D eigenvalue weighted by molar-refractivity contribution is 7.55. The van der Waals surface area contributed by atoms with Crippen LogP contribution in [0.3, 0.4) is 0 Å². The molecule has 0 saturated carbocycles. The van der Waals surface area contributed by atoms with Gasteiger partial charge in [0.2, 0.25) is 9.64 Å². The molecule has 0 aromatic carbocycles. The maximum atomic E-state index is 11.9. The topological polar surface area (TPSA) is 61.8 Å². The molecule has 0 aliphatic rings. The zero-order valence-electron chi connectivity index (χ0n) is 8.28. The quantitative estimate of drug-likeness (QED) is 0.440. The van der Waals surface area contributed by atoms with E-state index in [9.17, 15) is 9.36 Å². The molecule has 0 saturated heterocycles. The molecule has 5 nitrogen and oxygen atoms in total. The van der Waals surface area contributed by atoms with Crippen LogP contribution in [0.25, 0.3) is 0 Å². The normalized spacial score (nSPS) is 14.6. The summed E-state index contributed by atoms with van der Waals surface area (Å²) in [6.07, 6.45) is 0. The van der Waals surface area contributed by atoms with Crippen LogP contribution in [0.15, 0.2) is 0 Å². The van der Waals surface area contributed by atoms with Crippen LogP contribution < -0.4 is 0 Å². The molecule has 0 aromatic heterocycles. The Morgan fingerprint density at radius 1 is 1.31 bits per heavy atom. The Morgan fingerprint density at radius 3 is 2.00 bits per heavy atom. The fourth-order valence-corrected chi connectivity index (χ4v) is 3.14. The van der Waals surface area contributed by atoms with Gasteiger partial charge in [-0.2, -0.15) is 0 Å². The van der Waals surface area contributed by atoms with Crippen molar-refractivity contribution in [3.63, 3.8) is 0 Å². The third-order valence-corrected chi connectivity index (χ3v) is 4.78. The summed E-state index contributed by atoms with van der Waals surface area (Å²) in [5, 5.41) is 0. The molecule has 0 rings (SSSR count). The molecule has 0 radical (unpaired) electrons. The van der Waals surface area contributed by atoms with Gasteiger partial charge >= 0.3 is 13.6 Å². The minimum absolute atomic E-state index is 0.481. The van der Waals surface area contributed by atoms with E-state index in [0.717, 1.165) is 14.2 Å². The summed E-state index contributed by atoms with van der Waals surface area (Å²) in [7, 11) is -1.73. The molecular formula is C6H9Cl4O5P. The second kappa shape index (κ2) is 6.64. The first-order valence-corrected chi connectivity index (χ1v) is 7.02. The number of hydrogen-bond acceptors (Lipinski definition) is 5. The van der Waals surface area contributed by atoms with Crippen molar-refractivity contribution in [1.29, 1.82) is 0 Å². The van der Waals surface area contributed by atoms with Gasteiger partial charge < -0.3 is 13.8 Å². The summed E-state index contributed by atoms with van der Waals surface area (Å²) in [6, 6.07) is 0. The van der Waals surface area contributed by atoms with Gasteiger partial charge in [-0.3, -0.25) is 9.36 Å². The third kappa shape index (κ3) is 4.57. The molecule has 1 atom stereocenters. The van der Waals surface area contributed by atoms with Crippen LogP contribution in [0.4, 0.5) is 0 Å². The number of esters is 1. The van der Waals surface area contributed by atoms with Crippen molar-refractivity contribution in [2.24, 2.45) is 0 Å². The molecule has 0 aliphatic carbocycles. The van der Waals surface area contributed by atoms with Gasteiger partial charge in [0.15, 0.2) is 0 Å². The van der Waals surface area contributed by atoms with Crippen LogP contribution in [-0.2, 0) is 23.1 Å². The van der Waals surface area contributed by atoms with E-state index in [1.165, 1.54) is 0 Å². The number of rotatable bonds is 5. The lowest BCUT2D eigenvalue weighted by Gasteiger charge is -2.28. The highest BCUT2D eigenvalue weighted by Crippen LogP contribution is 2.59. The first-order valence-electron chi connectivity index (χ1n) is 3.74. The molecule has 0 aromatic rings. The predicted octanol–water partition coefficient (Wildman–Crippen LogP) is 2.95. The van der Waals surface area contributed by atoms with E-state index in [1.807, 2.05) is 0 Å². The number of hydrogen-bond donors (Lipinski definition) is 0. The monoisotopic (exact) mass is 332 g/mol. The van der Waals surface area contributed by atoms with Gasteiger partial charge in [0.1, 0.15) is 5.88 Å². The van der Waals surface area contributed by atoms with E-state index in [4.69, 9.17) is 46.4 Å². The smallest absolute Gasteiger partial charge is 0.374 e. The summed E-state index contributed by atoms with van der Waals surface area (Å²) in [5.74, 6) is -3.08. The summed E-state index contributed by atoms with van der Waals surface area (Å²) in [5.41, 5.74) is 0. The third-order valence-electron chi connectivity index (χ3n) is 1.43. The second-order valence-corrected chi connectivity index (χ2v) is 7.34. The predicted molar refractivity (Wildman–Crippen MR) is 62.5 cm³/mol. The lowest BCUT2D eigenvalue weighted by molar-refractivity contribution is -0.143. The number of carbonyl (C=O) groups excluding carboxylic acids is 1.